The Labute approximate surface area is 139 Å². The molecule has 1 atom stereocenters. The van der Waals surface area contributed by atoms with Crippen molar-refractivity contribution in [1.29, 1.82) is 0 Å². The molecule has 23 heavy (non-hydrogen) atoms. The third-order valence-electron chi connectivity index (χ3n) is 3.41. The summed E-state index contributed by atoms with van der Waals surface area (Å²) < 4.78 is 37.8. The molecule has 0 spiro atoms. The number of rotatable bonds is 6. The lowest BCUT2D eigenvalue weighted by Gasteiger charge is -2.09. The highest BCUT2D eigenvalue weighted by Crippen LogP contribution is 2.39. The molecule has 1 aromatic heterocycles. The van der Waals surface area contributed by atoms with Crippen molar-refractivity contribution in [2.75, 3.05) is 11.1 Å². The van der Waals surface area contributed by atoms with Crippen LogP contribution in [0.25, 0.3) is 0 Å². The second-order valence-corrected chi connectivity index (χ2v) is 8.04. The van der Waals surface area contributed by atoms with E-state index in [-0.39, 0.29) is 12.1 Å². The van der Waals surface area contributed by atoms with Gasteiger partial charge in [0.05, 0.1) is 5.56 Å². The molecule has 9 heteroatoms. The summed E-state index contributed by atoms with van der Waals surface area (Å²) in [5, 5.41) is 2.89. The fourth-order valence-corrected chi connectivity index (χ4v) is 5.20. The zero-order valence-corrected chi connectivity index (χ0v) is 13.9. The lowest BCUT2D eigenvalue weighted by Crippen LogP contribution is -2.21. The number of anilines is 1. The number of H-pyrrole nitrogens is 1. The van der Waals surface area contributed by atoms with Gasteiger partial charge in [-0.1, -0.05) is 28.0 Å². The Bertz CT molecular complexity index is 598. The summed E-state index contributed by atoms with van der Waals surface area (Å²) >= 11 is 0. The van der Waals surface area contributed by atoms with Gasteiger partial charge in [-0.15, -0.1) is 0 Å². The Morgan fingerprint density at radius 3 is 2.83 bits per heavy atom. The minimum Gasteiger partial charge on any atom is -0.327 e. The van der Waals surface area contributed by atoms with Gasteiger partial charge in [0.2, 0.25) is 5.91 Å². The van der Waals surface area contributed by atoms with E-state index in [9.17, 15) is 22.8 Å². The number of carbonyl (C=O) groups excluding carboxylic acids is 1. The molecule has 1 amide bonds. The molecule has 1 aliphatic heterocycles. The number of halogens is 3. The lowest BCUT2D eigenvalue weighted by atomic mass is 10.1. The van der Waals surface area contributed by atoms with Gasteiger partial charge in [-0.2, -0.15) is 13.2 Å². The molecule has 4 nitrogen and oxygen atoms in total. The third-order valence-corrected chi connectivity index (χ3v) is 6.42. The normalized spacial score (nSPS) is 18.1. The second kappa shape index (κ2) is 8.14. The molecule has 2 rings (SSSR count). The van der Waals surface area contributed by atoms with E-state index < -0.39 is 23.2 Å². The average molecular weight is 366 g/mol. The van der Waals surface area contributed by atoms with E-state index in [4.69, 9.17) is 0 Å². The van der Waals surface area contributed by atoms with Crippen LogP contribution in [0.15, 0.2) is 17.1 Å². The van der Waals surface area contributed by atoms with Gasteiger partial charge >= 0.3 is 6.18 Å². The number of hydrogen-bond donors (Lipinski definition) is 2. The molecule has 2 N–H and O–H groups in total. The van der Waals surface area contributed by atoms with Crippen molar-refractivity contribution >= 4 is 33.2 Å². The maximum absolute atomic E-state index is 12.6. The molecule has 1 aromatic rings. The summed E-state index contributed by atoms with van der Waals surface area (Å²) in [5.41, 5.74) is -2.11. The predicted octanol–water partition coefficient (Wildman–Crippen LogP) is 4.05. The van der Waals surface area contributed by atoms with Crippen LogP contribution < -0.4 is 10.9 Å². The van der Waals surface area contributed by atoms with Gasteiger partial charge in [-0.3, -0.25) is 9.59 Å². The minimum absolute atomic E-state index is 0.195. The SMILES string of the molecule is O=C(CCCCC1CCSS1)Nc1cc(C(F)(F)F)c[nH]c1=O. The summed E-state index contributed by atoms with van der Waals surface area (Å²) in [6, 6.07) is 0.656. The first kappa shape index (κ1) is 18.3. The Hall–Kier alpha value is -1.09. The zero-order valence-electron chi connectivity index (χ0n) is 12.2. The maximum atomic E-state index is 12.6. The van der Waals surface area contributed by atoms with Crippen molar-refractivity contribution in [2.45, 2.75) is 43.5 Å². The molecule has 0 bridgehead atoms. The van der Waals surface area contributed by atoms with Gasteiger partial charge < -0.3 is 10.3 Å². The molecular weight excluding hydrogens is 349 g/mol. The monoisotopic (exact) mass is 366 g/mol. The molecule has 1 fully saturated rings. The topological polar surface area (TPSA) is 62.0 Å². The number of hydrogen-bond acceptors (Lipinski definition) is 4. The first-order valence-electron chi connectivity index (χ1n) is 7.24. The number of nitrogens with one attached hydrogen (secondary N) is 2. The largest absolute Gasteiger partial charge is 0.417 e. The Kier molecular flexibility index (Phi) is 6.46. The number of amides is 1. The molecule has 1 unspecified atom stereocenters. The fourth-order valence-electron chi connectivity index (χ4n) is 2.18. The number of alkyl halides is 3. The van der Waals surface area contributed by atoms with E-state index in [1.165, 1.54) is 6.42 Å². The van der Waals surface area contributed by atoms with Crippen LogP contribution in [0.3, 0.4) is 0 Å². The Morgan fingerprint density at radius 1 is 1.39 bits per heavy atom. The van der Waals surface area contributed by atoms with E-state index in [0.29, 0.717) is 23.9 Å². The van der Waals surface area contributed by atoms with Crippen LogP contribution in [0.4, 0.5) is 18.9 Å². The molecule has 0 saturated carbocycles. The molecule has 1 aliphatic rings. The minimum atomic E-state index is -4.57. The molecular formula is C14H17F3N2O2S2. The molecule has 2 heterocycles. The van der Waals surface area contributed by atoms with Crippen LogP contribution in [0.2, 0.25) is 0 Å². The molecule has 1 saturated heterocycles. The summed E-state index contributed by atoms with van der Waals surface area (Å²) in [6.45, 7) is 0. The zero-order chi connectivity index (χ0) is 16.9. The van der Waals surface area contributed by atoms with Gasteiger partial charge in [-0.05, 0) is 25.3 Å². The van der Waals surface area contributed by atoms with Gasteiger partial charge in [0.25, 0.3) is 5.56 Å². The van der Waals surface area contributed by atoms with Crippen molar-refractivity contribution in [3.63, 3.8) is 0 Å². The van der Waals surface area contributed by atoms with Crippen LogP contribution in [0.5, 0.6) is 0 Å². The summed E-state index contributed by atoms with van der Waals surface area (Å²) in [6.07, 6.45) is -0.0125. The highest BCUT2D eigenvalue weighted by atomic mass is 33.1. The summed E-state index contributed by atoms with van der Waals surface area (Å²) in [5.74, 6) is 0.719. The van der Waals surface area contributed by atoms with E-state index in [0.717, 1.165) is 18.6 Å². The quantitative estimate of drug-likeness (QED) is 0.589. The van der Waals surface area contributed by atoms with Crippen molar-refractivity contribution in [3.8, 4) is 0 Å². The van der Waals surface area contributed by atoms with E-state index >= 15 is 0 Å². The predicted molar refractivity (Wildman–Crippen MR) is 87.6 cm³/mol. The summed E-state index contributed by atoms with van der Waals surface area (Å²) in [7, 11) is 3.73. The van der Waals surface area contributed by atoms with Gasteiger partial charge in [0, 0.05) is 23.6 Å². The van der Waals surface area contributed by atoms with Gasteiger partial charge in [0.15, 0.2) is 0 Å². The highest BCUT2D eigenvalue weighted by Gasteiger charge is 2.31. The maximum Gasteiger partial charge on any atom is 0.417 e. The average Bonchev–Trinajstić information content (AvgIpc) is 2.98. The first-order valence-corrected chi connectivity index (χ1v) is 9.62. The van der Waals surface area contributed by atoms with E-state index in [1.807, 2.05) is 26.6 Å². The number of carbonyl (C=O) groups is 1. The Morgan fingerprint density at radius 2 is 2.17 bits per heavy atom. The van der Waals surface area contributed by atoms with Crippen LogP contribution in [-0.2, 0) is 11.0 Å². The van der Waals surface area contributed by atoms with Crippen molar-refractivity contribution in [2.24, 2.45) is 0 Å². The number of aromatic amines is 1. The smallest absolute Gasteiger partial charge is 0.327 e. The molecule has 0 radical (unpaired) electrons. The molecule has 0 aromatic carbocycles. The van der Waals surface area contributed by atoms with Crippen molar-refractivity contribution in [3.05, 3.63) is 28.2 Å². The number of aromatic nitrogens is 1. The number of pyridine rings is 1. The van der Waals surface area contributed by atoms with Crippen LogP contribution >= 0.6 is 21.6 Å². The third kappa shape index (κ3) is 5.80. The lowest BCUT2D eigenvalue weighted by molar-refractivity contribution is -0.137. The second-order valence-electron chi connectivity index (χ2n) is 5.25. The van der Waals surface area contributed by atoms with Crippen molar-refractivity contribution in [1.82, 2.24) is 4.98 Å². The van der Waals surface area contributed by atoms with E-state index in [2.05, 4.69) is 5.32 Å². The van der Waals surface area contributed by atoms with Gasteiger partial charge in [0.1, 0.15) is 5.69 Å². The van der Waals surface area contributed by atoms with Crippen LogP contribution in [-0.4, -0.2) is 21.9 Å². The fraction of sp³-hybridized carbons (Fsp3) is 0.571. The first-order chi connectivity index (χ1) is 10.9. The number of unbranched alkanes of at least 4 members (excludes halogenated alkanes) is 1. The molecule has 128 valence electrons. The van der Waals surface area contributed by atoms with Crippen molar-refractivity contribution < 1.29 is 18.0 Å². The molecule has 0 aliphatic carbocycles. The highest BCUT2D eigenvalue weighted by molar-refractivity contribution is 8.77. The Balaban J connectivity index is 1.81. The summed E-state index contributed by atoms with van der Waals surface area (Å²) in [4.78, 5) is 25.3. The van der Waals surface area contributed by atoms with E-state index in [1.54, 1.807) is 0 Å². The van der Waals surface area contributed by atoms with Gasteiger partial charge in [-0.25, -0.2) is 0 Å². The van der Waals surface area contributed by atoms with Crippen LogP contribution in [0.1, 0.15) is 37.7 Å². The van der Waals surface area contributed by atoms with Crippen LogP contribution in [0, 0.1) is 0 Å². The standard InChI is InChI=1S/C14H17F3N2O2S2/c15-14(16,17)9-7-11(13(21)18-8-9)19-12(20)4-2-1-3-10-5-6-22-23-10/h7-8,10H,1-6H2,(H,18,21)(H,19,20).